The molecule has 0 radical (unpaired) electrons. The van der Waals surface area contributed by atoms with Crippen molar-refractivity contribution in [1.29, 1.82) is 0 Å². The first kappa shape index (κ1) is 21.1. The molecule has 0 aliphatic rings. The zero-order valence-electron chi connectivity index (χ0n) is 16.6. The van der Waals surface area contributed by atoms with Gasteiger partial charge in [-0.25, -0.2) is 4.99 Å². The molecule has 4 heteroatoms. The van der Waals surface area contributed by atoms with Gasteiger partial charge < -0.3 is 4.74 Å². The van der Waals surface area contributed by atoms with Crippen LogP contribution < -0.4 is 0 Å². The van der Waals surface area contributed by atoms with Crippen molar-refractivity contribution >= 4 is 45.5 Å². The van der Waals surface area contributed by atoms with Gasteiger partial charge in [-0.15, -0.1) is 0 Å². The Morgan fingerprint density at radius 1 is 0.966 bits per heavy atom. The summed E-state index contributed by atoms with van der Waals surface area (Å²) in [5, 5.41) is 0. The number of aryl methyl sites for hydroxylation is 1. The number of thiocarbonyl (C=S) groups is 1. The Kier molecular flexibility index (Phi) is 7.83. The lowest BCUT2D eigenvalue weighted by Gasteiger charge is -2.08. The van der Waals surface area contributed by atoms with E-state index in [2.05, 4.69) is 49.2 Å². The second kappa shape index (κ2) is 10.8. The molecule has 0 aliphatic carbocycles. The van der Waals surface area contributed by atoms with Crippen LogP contribution in [0.15, 0.2) is 83.9 Å². The number of hydrogen-bond acceptors (Lipinski definition) is 4. The van der Waals surface area contributed by atoms with Crippen molar-refractivity contribution < 1.29 is 4.74 Å². The minimum absolute atomic E-state index is 0.564. The van der Waals surface area contributed by atoms with E-state index in [1.165, 1.54) is 17.3 Å². The first-order valence-electron chi connectivity index (χ1n) is 9.51. The predicted octanol–water partition coefficient (Wildman–Crippen LogP) is 6.98. The van der Waals surface area contributed by atoms with E-state index in [1.54, 1.807) is 0 Å². The van der Waals surface area contributed by atoms with E-state index in [0.717, 1.165) is 28.0 Å². The van der Waals surface area contributed by atoms with E-state index < -0.39 is 0 Å². The normalized spacial score (nSPS) is 10.1. The molecule has 0 unspecified atom stereocenters. The molecule has 0 amide bonds. The van der Waals surface area contributed by atoms with Crippen LogP contribution in [0.4, 0.5) is 5.69 Å². The summed E-state index contributed by atoms with van der Waals surface area (Å²) in [5.74, 6) is 4.02. The van der Waals surface area contributed by atoms with E-state index >= 15 is 0 Å². The minimum Gasteiger partial charge on any atom is -0.479 e. The number of ether oxygens (including phenoxy) is 1. The molecule has 3 aromatic rings. The van der Waals surface area contributed by atoms with Crippen LogP contribution in [0.3, 0.4) is 0 Å². The summed E-state index contributed by atoms with van der Waals surface area (Å²) in [6, 6.07) is 26.7. The Hall–Kier alpha value is -2.65. The molecule has 29 heavy (non-hydrogen) atoms. The highest BCUT2D eigenvalue weighted by Crippen LogP contribution is 2.27. The molecule has 0 spiro atoms. The molecule has 0 aromatic heterocycles. The third kappa shape index (κ3) is 6.16. The Labute approximate surface area is 182 Å². The fourth-order valence-electron chi connectivity index (χ4n) is 2.86. The first-order valence-corrected chi connectivity index (χ1v) is 10.9. The molecule has 0 fully saturated rings. The molecule has 0 saturated heterocycles. The SMILES string of the molecule is CCOC(=S)SCc1cc(C)ccc1N=C=C(c1ccccc1)c1ccccc1. The molecule has 0 heterocycles. The molecular weight excluding hydrogens is 394 g/mol. The largest absolute Gasteiger partial charge is 0.479 e. The monoisotopic (exact) mass is 417 g/mol. The molecule has 0 aliphatic heterocycles. The molecule has 0 N–H and O–H groups in total. The highest BCUT2D eigenvalue weighted by atomic mass is 32.2. The van der Waals surface area contributed by atoms with Crippen molar-refractivity contribution in [3.63, 3.8) is 0 Å². The van der Waals surface area contributed by atoms with Gasteiger partial charge in [0.15, 0.2) is 0 Å². The van der Waals surface area contributed by atoms with Gasteiger partial charge in [0, 0.05) is 5.75 Å². The van der Waals surface area contributed by atoms with Crippen LogP contribution in [0.25, 0.3) is 5.57 Å². The topological polar surface area (TPSA) is 21.6 Å². The molecule has 0 saturated carbocycles. The molecule has 146 valence electrons. The standard InChI is InChI=1S/C25H23NOS2/c1-3-27-25(28)29-18-22-16-19(2)14-15-24(22)26-17-23(20-10-6-4-7-11-20)21-12-8-5-9-13-21/h4-16H,3,18H2,1-2H3. The van der Waals surface area contributed by atoms with Crippen molar-refractivity contribution in [3.05, 3.63) is 101 Å². The molecule has 0 atom stereocenters. The van der Waals surface area contributed by atoms with Gasteiger partial charge >= 0.3 is 0 Å². The van der Waals surface area contributed by atoms with Gasteiger partial charge in [0.25, 0.3) is 0 Å². The number of hydrogen-bond donors (Lipinski definition) is 0. The highest BCUT2D eigenvalue weighted by Gasteiger charge is 2.07. The fraction of sp³-hybridized carbons (Fsp3) is 0.160. The molecular formula is C25H23NOS2. The van der Waals surface area contributed by atoms with Crippen LogP contribution in [-0.4, -0.2) is 16.9 Å². The van der Waals surface area contributed by atoms with Crippen molar-refractivity contribution in [2.24, 2.45) is 4.99 Å². The predicted molar refractivity (Wildman–Crippen MR) is 129 cm³/mol. The van der Waals surface area contributed by atoms with E-state index in [0.29, 0.717) is 16.7 Å². The molecule has 0 bridgehead atoms. The minimum atomic E-state index is 0.564. The van der Waals surface area contributed by atoms with E-state index in [1.807, 2.05) is 49.4 Å². The zero-order valence-corrected chi connectivity index (χ0v) is 18.2. The second-order valence-corrected chi connectivity index (χ2v) is 8.01. The Morgan fingerprint density at radius 3 is 2.17 bits per heavy atom. The molecule has 2 nitrogen and oxygen atoms in total. The lowest BCUT2D eigenvalue weighted by molar-refractivity contribution is 0.346. The summed E-state index contributed by atoms with van der Waals surface area (Å²) in [4.78, 5) is 4.74. The van der Waals surface area contributed by atoms with E-state index in [9.17, 15) is 0 Å². The third-order valence-electron chi connectivity index (χ3n) is 4.26. The van der Waals surface area contributed by atoms with Crippen LogP contribution in [0.1, 0.15) is 29.2 Å². The summed E-state index contributed by atoms with van der Waals surface area (Å²) in [7, 11) is 0. The lowest BCUT2D eigenvalue weighted by Crippen LogP contribution is -1.96. The Bertz CT molecular complexity index is 982. The highest BCUT2D eigenvalue weighted by molar-refractivity contribution is 8.22. The number of thioether (sulfide) groups is 1. The fourth-order valence-corrected chi connectivity index (χ4v) is 3.86. The number of benzene rings is 3. The van der Waals surface area contributed by atoms with Crippen molar-refractivity contribution in [2.45, 2.75) is 19.6 Å². The smallest absolute Gasteiger partial charge is 0.220 e. The van der Waals surface area contributed by atoms with Crippen LogP contribution in [0.5, 0.6) is 0 Å². The third-order valence-corrected chi connectivity index (χ3v) is 5.54. The van der Waals surface area contributed by atoms with Crippen LogP contribution >= 0.6 is 24.0 Å². The summed E-state index contributed by atoms with van der Waals surface area (Å²) in [6.45, 7) is 4.61. The quantitative estimate of drug-likeness (QED) is 0.319. The summed E-state index contributed by atoms with van der Waals surface area (Å²) in [5.41, 5.74) is 6.34. The van der Waals surface area contributed by atoms with Gasteiger partial charge in [0.2, 0.25) is 4.38 Å². The van der Waals surface area contributed by atoms with Crippen LogP contribution in [-0.2, 0) is 10.5 Å². The lowest BCUT2D eigenvalue weighted by atomic mass is 9.99. The van der Waals surface area contributed by atoms with Crippen molar-refractivity contribution in [3.8, 4) is 0 Å². The van der Waals surface area contributed by atoms with Crippen LogP contribution in [0.2, 0.25) is 0 Å². The van der Waals surface area contributed by atoms with Crippen molar-refractivity contribution in [1.82, 2.24) is 0 Å². The maximum atomic E-state index is 5.39. The average molecular weight is 418 g/mol. The maximum absolute atomic E-state index is 5.39. The number of rotatable bonds is 6. The van der Waals surface area contributed by atoms with Crippen molar-refractivity contribution in [2.75, 3.05) is 6.61 Å². The number of nitrogens with zero attached hydrogens (tertiary/aromatic N) is 1. The van der Waals surface area contributed by atoms with Gasteiger partial charge in [-0.05, 0) is 54.7 Å². The molecule has 3 aromatic carbocycles. The maximum Gasteiger partial charge on any atom is 0.220 e. The number of aliphatic imine (C=N–C) groups is 1. The van der Waals surface area contributed by atoms with E-state index in [4.69, 9.17) is 21.9 Å². The van der Waals surface area contributed by atoms with Gasteiger partial charge in [-0.1, -0.05) is 90.1 Å². The zero-order chi connectivity index (χ0) is 20.5. The van der Waals surface area contributed by atoms with Gasteiger partial charge in [-0.3, -0.25) is 0 Å². The van der Waals surface area contributed by atoms with Gasteiger partial charge in [0.1, 0.15) is 0 Å². The van der Waals surface area contributed by atoms with Gasteiger partial charge in [0.05, 0.1) is 17.9 Å². The second-order valence-electron chi connectivity index (χ2n) is 6.43. The first-order chi connectivity index (χ1) is 14.2. The summed E-state index contributed by atoms with van der Waals surface area (Å²) < 4.78 is 5.96. The summed E-state index contributed by atoms with van der Waals surface area (Å²) >= 11 is 6.77. The summed E-state index contributed by atoms with van der Waals surface area (Å²) in [6.07, 6.45) is 0. The van der Waals surface area contributed by atoms with Crippen LogP contribution in [0, 0.1) is 6.92 Å². The van der Waals surface area contributed by atoms with Gasteiger partial charge in [-0.2, -0.15) is 0 Å². The average Bonchev–Trinajstić information content (AvgIpc) is 2.75. The Morgan fingerprint density at radius 2 is 1.59 bits per heavy atom. The molecule has 3 rings (SSSR count). The van der Waals surface area contributed by atoms with E-state index in [-0.39, 0.29) is 0 Å². The Balaban J connectivity index is 2.00.